The largest absolute Gasteiger partial charge is 0.393 e. The van der Waals surface area contributed by atoms with Crippen molar-refractivity contribution in [1.82, 2.24) is 19.5 Å². The first-order valence-electron chi connectivity index (χ1n) is 8.37. The molecule has 6 heteroatoms. The number of aromatic nitrogens is 3. The first kappa shape index (κ1) is 14.6. The van der Waals surface area contributed by atoms with E-state index in [1.165, 1.54) is 0 Å². The number of aliphatic hydroxyl groups is 1. The van der Waals surface area contributed by atoms with Gasteiger partial charge in [-0.2, -0.15) is 5.10 Å². The number of rotatable bonds is 1. The molecule has 2 fully saturated rings. The number of nitrogens with zero attached hydrogens (tertiary/aromatic N) is 4. The number of piperidine rings is 2. The second-order valence-electron chi connectivity index (χ2n) is 6.91. The molecule has 23 heavy (non-hydrogen) atoms. The predicted molar refractivity (Wildman–Crippen MR) is 85.3 cm³/mol. The van der Waals surface area contributed by atoms with E-state index in [1.807, 2.05) is 24.8 Å². The van der Waals surface area contributed by atoms with Gasteiger partial charge in [0.25, 0.3) is 5.91 Å². The van der Waals surface area contributed by atoms with Gasteiger partial charge in [0.1, 0.15) is 0 Å². The molecule has 0 radical (unpaired) electrons. The molecule has 2 aromatic heterocycles. The van der Waals surface area contributed by atoms with Crippen molar-refractivity contribution in [2.24, 2.45) is 0 Å². The summed E-state index contributed by atoms with van der Waals surface area (Å²) in [4.78, 5) is 19.5. The minimum atomic E-state index is -0.276. The summed E-state index contributed by atoms with van der Waals surface area (Å²) in [5, 5.41) is 14.5. The Balaban J connectivity index is 1.70. The molecule has 0 aliphatic carbocycles. The zero-order valence-electron chi connectivity index (χ0n) is 13.6. The second-order valence-corrected chi connectivity index (χ2v) is 6.91. The maximum Gasteiger partial charge on any atom is 0.274 e. The quantitative estimate of drug-likeness (QED) is 0.872. The van der Waals surface area contributed by atoms with E-state index in [-0.39, 0.29) is 24.1 Å². The average Bonchev–Trinajstić information content (AvgIpc) is 2.89. The highest BCUT2D eigenvalue weighted by molar-refractivity contribution is 5.94. The van der Waals surface area contributed by atoms with Crippen molar-refractivity contribution in [3.63, 3.8) is 0 Å². The summed E-state index contributed by atoms with van der Waals surface area (Å²) in [7, 11) is 0. The molecule has 4 heterocycles. The van der Waals surface area contributed by atoms with E-state index in [9.17, 15) is 9.90 Å². The molecule has 1 amide bonds. The summed E-state index contributed by atoms with van der Waals surface area (Å²) in [5.74, 6) is -0.0193. The molecule has 2 aliphatic rings. The van der Waals surface area contributed by atoms with Crippen molar-refractivity contribution in [3.05, 3.63) is 29.2 Å². The lowest BCUT2D eigenvalue weighted by Crippen LogP contribution is -2.56. The minimum Gasteiger partial charge on any atom is -0.393 e. The van der Waals surface area contributed by atoms with Crippen LogP contribution in [0.4, 0.5) is 0 Å². The third-order valence-electron chi connectivity index (χ3n) is 5.14. The van der Waals surface area contributed by atoms with Crippen LogP contribution in [0.15, 0.2) is 12.1 Å². The maximum absolute atomic E-state index is 13.0. The molecule has 1 N–H and O–H groups in total. The van der Waals surface area contributed by atoms with Gasteiger partial charge >= 0.3 is 0 Å². The van der Waals surface area contributed by atoms with Crippen LogP contribution in [0.3, 0.4) is 0 Å². The fourth-order valence-electron chi connectivity index (χ4n) is 4.21. The van der Waals surface area contributed by atoms with Crippen molar-refractivity contribution in [1.29, 1.82) is 0 Å². The number of hydrogen-bond donors (Lipinski definition) is 1. The molecule has 0 aromatic carbocycles. The number of aryl methyl sites for hydroxylation is 2. The van der Waals surface area contributed by atoms with Gasteiger partial charge in [-0.3, -0.25) is 4.79 Å². The van der Waals surface area contributed by atoms with Crippen LogP contribution in [0.25, 0.3) is 5.65 Å². The van der Waals surface area contributed by atoms with Gasteiger partial charge in [-0.25, -0.2) is 9.50 Å². The Morgan fingerprint density at radius 1 is 1.22 bits per heavy atom. The number of fused-ring (bicyclic) bond motifs is 3. The van der Waals surface area contributed by atoms with Crippen LogP contribution in [0.1, 0.15) is 54.0 Å². The van der Waals surface area contributed by atoms with Gasteiger partial charge in [0.15, 0.2) is 11.3 Å². The highest BCUT2D eigenvalue weighted by Gasteiger charge is 2.41. The van der Waals surface area contributed by atoms with E-state index in [4.69, 9.17) is 0 Å². The second kappa shape index (κ2) is 5.30. The molecular weight excluding hydrogens is 292 g/mol. The molecular formula is C17H22N4O2. The summed E-state index contributed by atoms with van der Waals surface area (Å²) in [6.45, 7) is 3.91. The molecule has 2 aromatic rings. The fraction of sp³-hybridized carbons (Fsp3) is 0.588. The van der Waals surface area contributed by atoms with Gasteiger partial charge in [-0.15, -0.1) is 0 Å². The van der Waals surface area contributed by atoms with Crippen molar-refractivity contribution in [2.45, 2.75) is 64.1 Å². The van der Waals surface area contributed by atoms with E-state index in [0.29, 0.717) is 24.2 Å². The lowest BCUT2D eigenvalue weighted by molar-refractivity contribution is -0.0154. The van der Waals surface area contributed by atoms with Gasteiger partial charge in [-0.05, 0) is 52.0 Å². The van der Waals surface area contributed by atoms with Gasteiger partial charge in [0.05, 0.1) is 6.10 Å². The molecule has 4 rings (SSSR count). The van der Waals surface area contributed by atoms with Crippen molar-refractivity contribution in [2.75, 3.05) is 0 Å². The zero-order valence-corrected chi connectivity index (χ0v) is 13.6. The van der Waals surface area contributed by atoms with Gasteiger partial charge in [0.2, 0.25) is 0 Å². The lowest BCUT2D eigenvalue weighted by Gasteiger charge is -2.47. The average molecular weight is 314 g/mol. The Kier molecular flexibility index (Phi) is 3.37. The zero-order chi connectivity index (χ0) is 16.1. The molecule has 3 atom stereocenters. The molecule has 2 bridgehead atoms. The summed E-state index contributed by atoms with van der Waals surface area (Å²) >= 11 is 0. The van der Waals surface area contributed by atoms with Crippen LogP contribution < -0.4 is 0 Å². The van der Waals surface area contributed by atoms with E-state index in [1.54, 1.807) is 10.6 Å². The van der Waals surface area contributed by atoms with Crippen LogP contribution >= 0.6 is 0 Å². The molecule has 2 saturated heterocycles. The standard InChI is InChI=1S/C17H22N4O2/c1-10-6-11(2)21-16(18-10)9-15(19-21)17(23)20-12-4-3-5-13(20)8-14(22)7-12/h6,9,12-14,22H,3-5,7-8H2,1-2H3/t12-,13+,14?. The van der Waals surface area contributed by atoms with Crippen molar-refractivity contribution in [3.8, 4) is 0 Å². The first-order valence-corrected chi connectivity index (χ1v) is 8.37. The third-order valence-corrected chi connectivity index (χ3v) is 5.14. The first-order chi connectivity index (χ1) is 11.0. The topological polar surface area (TPSA) is 70.7 Å². The number of carbonyl (C=O) groups excluding carboxylic acids is 1. The van der Waals surface area contributed by atoms with Crippen molar-refractivity contribution >= 4 is 11.6 Å². The normalized spacial score (nSPS) is 27.4. The highest BCUT2D eigenvalue weighted by Crippen LogP contribution is 2.35. The fourth-order valence-corrected chi connectivity index (χ4v) is 4.21. The molecule has 122 valence electrons. The van der Waals surface area contributed by atoms with Gasteiger partial charge in [0, 0.05) is 29.5 Å². The SMILES string of the molecule is Cc1cc(C)n2nc(C(=O)N3[C@@H]4CCC[C@H]3CC(O)C4)cc2n1. The summed E-state index contributed by atoms with van der Waals surface area (Å²) in [6, 6.07) is 4.03. The number of aliphatic hydroxyl groups excluding tert-OH is 1. The predicted octanol–water partition coefficient (Wildman–Crippen LogP) is 1.86. The molecule has 1 unspecified atom stereocenters. The monoisotopic (exact) mass is 314 g/mol. The Hall–Kier alpha value is -1.95. The lowest BCUT2D eigenvalue weighted by atomic mass is 9.83. The highest BCUT2D eigenvalue weighted by atomic mass is 16.3. The third kappa shape index (κ3) is 2.41. The Morgan fingerprint density at radius 2 is 1.91 bits per heavy atom. The van der Waals surface area contributed by atoms with E-state index >= 15 is 0 Å². The smallest absolute Gasteiger partial charge is 0.274 e. The van der Waals surface area contributed by atoms with Gasteiger partial charge in [-0.1, -0.05) is 0 Å². The molecule has 0 saturated carbocycles. The van der Waals surface area contributed by atoms with Crippen LogP contribution in [-0.2, 0) is 0 Å². The van der Waals surface area contributed by atoms with Crippen LogP contribution in [0.5, 0.6) is 0 Å². The Morgan fingerprint density at radius 3 is 2.61 bits per heavy atom. The minimum absolute atomic E-state index is 0.0193. The maximum atomic E-state index is 13.0. The Bertz CT molecular complexity index is 755. The molecule has 0 spiro atoms. The number of amides is 1. The number of hydrogen-bond acceptors (Lipinski definition) is 4. The van der Waals surface area contributed by atoms with E-state index < -0.39 is 0 Å². The van der Waals surface area contributed by atoms with Gasteiger partial charge < -0.3 is 10.0 Å². The van der Waals surface area contributed by atoms with Crippen LogP contribution in [0, 0.1) is 13.8 Å². The summed E-state index contributed by atoms with van der Waals surface area (Å²) < 4.78 is 1.73. The van der Waals surface area contributed by atoms with E-state index in [2.05, 4.69) is 10.1 Å². The summed E-state index contributed by atoms with van der Waals surface area (Å²) in [6.07, 6.45) is 4.18. The van der Waals surface area contributed by atoms with Crippen molar-refractivity contribution < 1.29 is 9.90 Å². The summed E-state index contributed by atoms with van der Waals surface area (Å²) in [5.41, 5.74) is 3.07. The number of carbonyl (C=O) groups is 1. The molecule has 6 nitrogen and oxygen atoms in total. The van der Waals surface area contributed by atoms with Crippen LogP contribution in [0.2, 0.25) is 0 Å². The van der Waals surface area contributed by atoms with E-state index in [0.717, 1.165) is 30.7 Å². The molecule has 2 aliphatic heterocycles. The van der Waals surface area contributed by atoms with Crippen LogP contribution in [-0.4, -0.2) is 48.7 Å². The Labute approximate surface area is 135 Å².